The second-order valence-electron chi connectivity index (χ2n) is 7.94. The maximum atomic E-state index is 12.9. The molecule has 0 unspecified atom stereocenters. The van der Waals surface area contributed by atoms with Gasteiger partial charge in [0.2, 0.25) is 0 Å². The molecule has 0 saturated heterocycles. The summed E-state index contributed by atoms with van der Waals surface area (Å²) in [5, 5.41) is 15.3. The molecule has 0 fully saturated rings. The first-order valence-corrected chi connectivity index (χ1v) is 10.7. The predicted molar refractivity (Wildman–Crippen MR) is 131 cm³/mol. The Hall–Kier alpha value is -4.65. The molecule has 1 amide bonds. The predicted octanol–water partition coefficient (Wildman–Crippen LogP) is 5.36. The summed E-state index contributed by atoms with van der Waals surface area (Å²) < 4.78 is 5.65. The number of carboxylic acids is 1. The van der Waals surface area contributed by atoms with Gasteiger partial charge in [0.1, 0.15) is 5.75 Å². The average molecular weight is 451 g/mol. The molecule has 3 aromatic carbocycles. The molecule has 5 rings (SSSR count). The lowest BCUT2D eigenvalue weighted by atomic mass is 9.98. The Balaban J connectivity index is 1.51. The number of nitrogens with zero attached hydrogens (tertiary/aromatic N) is 1. The van der Waals surface area contributed by atoms with Gasteiger partial charge in [-0.3, -0.25) is 14.6 Å². The largest absolute Gasteiger partial charge is 0.496 e. The van der Waals surface area contributed by atoms with Gasteiger partial charge in [-0.15, -0.1) is 0 Å². The zero-order chi connectivity index (χ0) is 23.7. The van der Waals surface area contributed by atoms with Gasteiger partial charge in [-0.2, -0.15) is 0 Å². The highest BCUT2D eigenvalue weighted by Gasteiger charge is 2.20. The van der Waals surface area contributed by atoms with Gasteiger partial charge in [0, 0.05) is 18.0 Å². The van der Waals surface area contributed by atoms with E-state index >= 15 is 0 Å². The molecule has 168 valence electrons. The number of aliphatic carboxylic acids is 1. The maximum Gasteiger partial charge on any atom is 0.307 e. The Morgan fingerprint density at radius 1 is 0.824 bits per heavy atom. The number of ether oxygens (including phenoxy) is 1. The van der Waals surface area contributed by atoms with Crippen LogP contribution >= 0.6 is 0 Å². The normalized spacial score (nSPS) is 12.0. The molecular formula is C27H21N3O4. The summed E-state index contributed by atoms with van der Waals surface area (Å²) in [4.78, 5) is 28.0. The first-order chi connectivity index (χ1) is 16.5. The van der Waals surface area contributed by atoms with Gasteiger partial charge in [0.15, 0.2) is 0 Å². The van der Waals surface area contributed by atoms with Crippen molar-refractivity contribution in [3.05, 3.63) is 90.3 Å². The number of methoxy groups -OCH3 is 1. The Kier molecular flexibility index (Phi) is 5.43. The number of carboxylic acid groups (broad SMARTS) is 1. The zero-order valence-corrected chi connectivity index (χ0v) is 18.3. The minimum Gasteiger partial charge on any atom is -0.496 e. The highest BCUT2D eigenvalue weighted by Crippen LogP contribution is 2.38. The standard InChI is InChI=1S/C27H21N3O4/c1-34-25-15-19(3-5-20(25)17-8-10-28-11-9-17)18-4-6-21-23(14-18)29-22-7-2-16(13-26(31)32)12-24(22)30-27(21)33/h2-12,14-15,29H,13H2,1H3,(H,30,33)(H,31,32). The lowest BCUT2D eigenvalue weighted by Gasteiger charge is -2.13. The van der Waals surface area contributed by atoms with Crippen molar-refractivity contribution in [2.24, 2.45) is 0 Å². The second-order valence-corrected chi connectivity index (χ2v) is 7.94. The number of carbonyl (C=O) groups is 2. The first-order valence-electron chi connectivity index (χ1n) is 10.7. The van der Waals surface area contributed by atoms with Crippen molar-refractivity contribution >= 4 is 28.9 Å². The van der Waals surface area contributed by atoms with Gasteiger partial charge in [-0.25, -0.2) is 0 Å². The fourth-order valence-electron chi connectivity index (χ4n) is 4.09. The summed E-state index contributed by atoms with van der Waals surface area (Å²) >= 11 is 0. The van der Waals surface area contributed by atoms with Gasteiger partial charge in [0.05, 0.1) is 36.2 Å². The second kappa shape index (κ2) is 8.71. The van der Waals surface area contributed by atoms with E-state index in [1.54, 1.807) is 43.8 Å². The van der Waals surface area contributed by atoms with E-state index in [4.69, 9.17) is 9.84 Å². The van der Waals surface area contributed by atoms with E-state index < -0.39 is 5.97 Å². The minimum absolute atomic E-state index is 0.114. The number of nitrogens with one attached hydrogen (secondary N) is 2. The third kappa shape index (κ3) is 4.06. The number of amides is 1. The zero-order valence-electron chi connectivity index (χ0n) is 18.3. The highest BCUT2D eigenvalue weighted by atomic mass is 16.5. The van der Waals surface area contributed by atoms with E-state index in [2.05, 4.69) is 15.6 Å². The van der Waals surface area contributed by atoms with Crippen molar-refractivity contribution in [2.75, 3.05) is 17.7 Å². The molecule has 1 aliphatic heterocycles. The Morgan fingerprint density at radius 3 is 2.29 bits per heavy atom. The van der Waals surface area contributed by atoms with Crippen molar-refractivity contribution in [1.29, 1.82) is 0 Å². The van der Waals surface area contributed by atoms with Crippen molar-refractivity contribution in [3.8, 4) is 28.0 Å². The smallest absolute Gasteiger partial charge is 0.307 e. The number of hydrogen-bond donors (Lipinski definition) is 3. The van der Waals surface area contributed by atoms with Crippen LogP contribution in [0, 0.1) is 0 Å². The molecule has 34 heavy (non-hydrogen) atoms. The van der Waals surface area contributed by atoms with Gasteiger partial charge >= 0.3 is 5.97 Å². The lowest BCUT2D eigenvalue weighted by Crippen LogP contribution is -2.11. The molecule has 2 heterocycles. The maximum absolute atomic E-state index is 12.9. The van der Waals surface area contributed by atoms with Crippen molar-refractivity contribution < 1.29 is 19.4 Å². The van der Waals surface area contributed by atoms with Crippen LogP contribution < -0.4 is 15.4 Å². The molecule has 0 radical (unpaired) electrons. The number of pyridine rings is 1. The number of anilines is 3. The SMILES string of the molecule is COc1cc(-c2ccc3c(c2)Nc2ccc(CC(=O)O)cc2NC3=O)ccc1-c1ccncc1. The van der Waals surface area contributed by atoms with E-state index in [0.29, 0.717) is 28.2 Å². The number of rotatable bonds is 5. The monoisotopic (exact) mass is 451 g/mol. The molecule has 0 bridgehead atoms. The topological polar surface area (TPSA) is 101 Å². The van der Waals surface area contributed by atoms with Crippen molar-refractivity contribution in [1.82, 2.24) is 4.98 Å². The summed E-state index contributed by atoms with van der Waals surface area (Å²) in [7, 11) is 1.64. The highest BCUT2D eigenvalue weighted by molar-refractivity contribution is 6.12. The van der Waals surface area contributed by atoms with Gasteiger partial charge < -0.3 is 20.5 Å². The van der Waals surface area contributed by atoms with Gasteiger partial charge in [-0.1, -0.05) is 24.3 Å². The van der Waals surface area contributed by atoms with E-state index in [0.717, 1.165) is 28.0 Å². The summed E-state index contributed by atoms with van der Waals surface area (Å²) in [6, 6.07) is 20.7. The molecule has 1 aromatic heterocycles. The molecule has 0 atom stereocenters. The number of fused-ring (bicyclic) bond motifs is 2. The summed E-state index contributed by atoms with van der Waals surface area (Å²) in [5.74, 6) is -0.447. The van der Waals surface area contributed by atoms with Crippen LogP contribution in [0.25, 0.3) is 22.3 Å². The van der Waals surface area contributed by atoms with Crippen molar-refractivity contribution in [3.63, 3.8) is 0 Å². The van der Waals surface area contributed by atoms with E-state index in [9.17, 15) is 9.59 Å². The summed E-state index contributed by atoms with van der Waals surface area (Å²) in [6.07, 6.45) is 3.38. The Labute approximate surface area is 196 Å². The Bertz CT molecular complexity index is 1420. The number of aromatic nitrogens is 1. The summed E-state index contributed by atoms with van der Waals surface area (Å²) in [6.45, 7) is 0. The van der Waals surface area contributed by atoms with Gasteiger partial charge in [0.25, 0.3) is 5.91 Å². The van der Waals surface area contributed by atoms with Crippen LogP contribution in [-0.4, -0.2) is 29.1 Å². The van der Waals surface area contributed by atoms with Crippen LogP contribution in [-0.2, 0) is 11.2 Å². The number of carbonyl (C=O) groups excluding carboxylic acids is 1. The van der Waals surface area contributed by atoms with Gasteiger partial charge in [-0.05, 0) is 64.7 Å². The third-order valence-corrected chi connectivity index (χ3v) is 5.75. The number of benzene rings is 3. The molecule has 0 spiro atoms. The fourth-order valence-corrected chi connectivity index (χ4v) is 4.09. The molecule has 3 N–H and O–H groups in total. The van der Waals surface area contributed by atoms with E-state index in [-0.39, 0.29) is 12.3 Å². The molecular weight excluding hydrogens is 430 g/mol. The Morgan fingerprint density at radius 2 is 1.56 bits per heavy atom. The van der Waals surface area contributed by atoms with Crippen LogP contribution in [0.4, 0.5) is 17.1 Å². The lowest BCUT2D eigenvalue weighted by molar-refractivity contribution is -0.136. The van der Waals surface area contributed by atoms with Crippen molar-refractivity contribution in [2.45, 2.75) is 6.42 Å². The average Bonchev–Trinajstić information content (AvgIpc) is 2.98. The molecule has 1 aliphatic rings. The molecule has 0 saturated carbocycles. The quantitative estimate of drug-likeness (QED) is 0.378. The molecule has 7 nitrogen and oxygen atoms in total. The number of hydrogen-bond acceptors (Lipinski definition) is 5. The minimum atomic E-state index is -0.925. The van der Waals surface area contributed by atoms with Crippen LogP contribution in [0.3, 0.4) is 0 Å². The van der Waals surface area contributed by atoms with E-state index in [1.807, 2.05) is 42.5 Å². The molecule has 0 aliphatic carbocycles. The fraction of sp³-hybridized carbons (Fsp3) is 0.0741. The first kappa shape index (κ1) is 21.2. The van der Waals surface area contributed by atoms with Crippen LogP contribution in [0.1, 0.15) is 15.9 Å². The van der Waals surface area contributed by atoms with E-state index in [1.165, 1.54) is 0 Å². The van der Waals surface area contributed by atoms with Crippen LogP contribution in [0.2, 0.25) is 0 Å². The molecule has 4 aromatic rings. The van der Waals surface area contributed by atoms with Crippen LogP contribution in [0.5, 0.6) is 5.75 Å². The van der Waals surface area contributed by atoms with Crippen LogP contribution in [0.15, 0.2) is 79.1 Å². The summed E-state index contributed by atoms with van der Waals surface area (Å²) in [5.41, 5.74) is 6.86. The third-order valence-electron chi connectivity index (χ3n) is 5.75. The molecule has 7 heteroatoms.